The van der Waals surface area contributed by atoms with Crippen LogP contribution in [0.2, 0.25) is 0 Å². The van der Waals surface area contributed by atoms with Gasteiger partial charge in [0.1, 0.15) is 23.9 Å². The first kappa shape index (κ1) is 24.9. The fraction of sp³-hybridized carbons (Fsp3) is 0.654. The lowest BCUT2D eigenvalue weighted by atomic mass is 9.77. The number of anilines is 1. The molecule has 3 aliphatic heterocycles. The summed E-state index contributed by atoms with van der Waals surface area (Å²) in [5.74, 6) is -2.04. The minimum absolute atomic E-state index is 0.0377. The van der Waals surface area contributed by atoms with E-state index < -0.39 is 59.2 Å². The van der Waals surface area contributed by atoms with Crippen LogP contribution >= 0.6 is 0 Å². The van der Waals surface area contributed by atoms with Gasteiger partial charge >= 0.3 is 6.09 Å². The molecule has 2 saturated carbocycles. The molecule has 12 heteroatoms. The smallest absolute Gasteiger partial charge is 0.410 e. The summed E-state index contributed by atoms with van der Waals surface area (Å²) in [7, 11) is 0. The number of carbonyl (C=O) groups excluding carboxylic acids is 4. The van der Waals surface area contributed by atoms with Gasteiger partial charge in [-0.05, 0) is 69.4 Å². The van der Waals surface area contributed by atoms with Crippen molar-refractivity contribution >= 4 is 29.6 Å². The van der Waals surface area contributed by atoms with E-state index in [0.29, 0.717) is 18.6 Å². The number of nitrogens with one attached hydrogen (secondary N) is 1. The normalized spacial score (nSPS) is 37.1. The number of amides is 4. The fourth-order valence-corrected chi connectivity index (χ4v) is 7.34. The summed E-state index contributed by atoms with van der Waals surface area (Å²) in [6.45, 7) is 5.24. The monoisotopic (exact) mass is 529 g/mol. The van der Waals surface area contributed by atoms with Crippen molar-refractivity contribution in [2.24, 2.45) is 29.4 Å². The van der Waals surface area contributed by atoms with Gasteiger partial charge in [-0.25, -0.2) is 14.2 Å². The number of pyridine rings is 1. The van der Waals surface area contributed by atoms with Crippen molar-refractivity contribution < 1.29 is 33.0 Å². The number of rotatable bonds is 2. The summed E-state index contributed by atoms with van der Waals surface area (Å²) in [4.78, 5) is 60.1. The van der Waals surface area contributed by atoms with E-state index in [-0.39, 0.29) is 43.1 Å². The molecule has 4 heterocycles. The average molecular weight is 530 g/mol. The lowest BCUT2D eigenvalue weighted by Crippen LogP contribution is -2.57. The average Bonchev–Trinajstić information content (AvgIpc) is 3.57. The van der Waals surface area contributed by atoms with Gasteiger partial charge in [-0.15, -0.1) is 0 Å². The van der Waals surface area contributed by atoms with Crippen molar-refractivity contribution in [3.63, 3.8) is 0 Å². The lowest BCUT2D eigenvalue weighted by molar-refractivity contribution is -0.143. The second-order valence-corrected chi connectivity index (χ2v) is 12.2. The zero-order chi connectivity index (χ0) is 27.1. The van der Waals surface area contributed by atoms with Gasteiger partial charge in [0, 0.05) is 19.2 Å². The first-order chi connectivity index (χ1) is 17.9. The molecule has 2 bridgehead atoms. The van der Waals surface area contributed by atoms with Gasteiger partial charge < -0.3 is 25.4 Å². The number of halogens is 1. The summed E-state index contributed by atoms with van der Waals surface area (Å²) in [6.07, 6.45) is 0.736. The number of nitrogens with two attached hydrogens (primary N) is 1. The Balaban J connectivity index is 1.34. The van der Waals surface area contributed by atoms with Gasteiger partial charge in [-0.1, -0.05) is 0 Å². The minimum atomic E-state index is -1.56. The van der Waals surface area contributed by atoms with Gasteiger partial charge in [-0.3, -0.25) is 19.3 Å². The largest absolute Gasteiger partial charge is 0.472 e. The van der Waals surface area contributed by atoms with E-state index in [1.165, 1.54) is 16.0 Å². The molecule has 2 aliphatic carbocycles. The summed E-state index contributed by atoms with van der Waals surface area (Å²) in [5.41, 5.74) is 3.37. The zero-order valence-electron chi connectivity index (χ0n) is 21.6. The number of primary amides is 1. The minimum Gasteiger partial charge on any atom is -0.472 e. The molecule has 2 saturated heterocycles. The number of ether oxygens (including phenoxy) is 2. The van der Waals surface area contributed by atoms with Crippen LogP contribution in [0.1, 0.15) is 40.0 Å². The Morgan fingerprint density at radius 3 is 2.71 bits per heavy atom. The quantitative estimate of drug-likeness (QED) is 0.590. The van der Waals surface area contributed by atoms with Crippen LogP contribution in [0.4, 0.5) is 15.0 Å². The lowest BCUT2D eigenvalue weighted by Gasteiger charge is -2.36. The highest BCUT2D eigenvalue weighted by Crippen LogP contribution is 2.59. The van der Waals surface area contributed by atoms with Crippen LogP contribution in [-0.2, 0) is 19.1 Å². The number of alkyl halides is 1. The van der Waals surface area contributed by atoms with Gasteiger partial charge in [0.25, 0.3) is 5.91 Å². The number of hydrogen-bond donors (Lipinski definition) is 2. The molecule has 204 valence electrons. The highest BCUT2D eigenvalue weighted by molar-refractivity contribution is 6.02. The van der Waals surface area contributed by atoms with Crippen molar-refractivity contribution in [1.29, 1.82) is 0 Å². The Labute approximate surface area is 219 Å². The van der Waals surface area contributed by atoms with E-state index in [9.17, 15) is 23.6 Å². The van der Waals surface area contributed by atoms with Crippen molar-refractivity contribution in [2.45, 2.75) is 69.5 Å². The van der Waals surface area contributed by atoms with Crippen LogP contribution in [0.5, 0.6) is 5.75 Å². The first-order valence-electron chi connectivity index (χ1n) is 13.1. The number of aromatic nitrogens is 1. The highest BCUT2D eigenvalue weighted by Gasteiger charge is 2.65. The van der Waals surface area contributed by atoms with E-state index in [1.54, 1.807) is 32.9 Å². The Hall–Kier alpha value is -3.44. The van der Waals surface area contributed by atoms with Crippen LogP contribution < -0.4 is 15.8 Å². The molecule has 4 amide bonds. The number of carbonyl (C=O) groups is 4. The van der Waals surface area contributed by atoms with Crippen molar-refractivity contribution in [3.8, 4) is 5.75 Å². The molecule has 4 fully saturated rings. The van der Waals surface area contributed by atoms with Gasteiger partial charge in [0.2, 0.25) is 17.4 Å². The van der Waals surface area contributed by atoms with Gasteiger partial charge in [0.05, 0.1) is 6.54 Å². The fourth-order valence-electron chi connectivity index (χ4n) is 7.34. The molecule has 11 nitrogen and oxygen atoms in total. The predicted molar refractivity (Wildman–Crippen MR) is 130 cm³/mol. The third-order valence-corrected chi connectivity index (χ3v) is 8.81. The van der Waals surface area contributed by atoms with Crippen molar-refractivity contribution in [2.75, 3.05) is 18.4 Å². The number of hydrogen-bond acceptors (Lipinski definition) is 7. The Kier molecular flexibility index (Phi) is 5.42. The molecule has 0 unspecified atom stereocenters. The van der Waals surface area contributed by atoms with E-state index in [1.807, 2.05) is 0 Å². The van der Waals surface area contributed by atoms with E-state index in [0.717, 1.165) is 0 Å². The van der Waals surface area contributed by atoms with Crippen LogP contribution in [0.3, 0.4) is 0 Å². The van der Waals surface area contributed by atoms with Crippen LogP contribution in [-0.4, -0.2) is 81.1 Å². The third kappa shape index (κ3) is 3.70. The molecule has 0 aromatic carbocycles. The number of fused-ring (bicyclic) bond motifs is 6. The summed E-state index contributed by atoms with van der Waals surface area (Å²) < 4.78 is 26.6. The van der Waals surface area contributed by atoms with Gasteiger partial charge in [-0.2, -0.15) is 0 Å². The number of likely N-dealkylation sites (tertiary alicyclic amines) is 2. The maximum absolute atomic E-state index is 14.9. The van der Waals surface area contributed by atoms with Crippen LogP contribution in [0, 0.1) is 23.7 Å². The summed E-state index contributed by atoms with van der Waals surface area (Å²) in [5, 5.41) is 2.70. The molecule has 1 aromatic heterocycles. The van der Waals surface area contributed by atoms with Gasteiger partial charge in [0.15, 0.2) is 11.6 Å². The highest BCUT2D eigenvalue weighted by atomic mass is 19.1. The first-order valence-corrected chi connectivity index (χ1v) is 13.1. The summed E-state index contributed by atoms with van der Waals surface area (Å²) in [6, 6.07) is 1.11. The third-order valence-electron chi connectivity index (χ3n) is 8.81. The summed E-state index contributed by atoms with van der Waals surface area (Å²) >= 11 is 0. The molecule has 3 N–H and O–H groups in total. The Morgan fingerprint density at radius 2 is 2.00 bits per heavy atom. The van der Waals surface area contributed by atoms with E-state index in [4.69, 9.17) is 15.2 Å². The molecular formula is C26H32FN5O6. The van der Waals surface area contributed by atoms with Crippen LogP contribution in [0.15, 0.2) is 18.3 Å². The molecule has 0 radical (unpaired) electrons. The SMILES string of the molecule is CC(C)(C)OC(=O)N1C[C@@H]2[C@H]3C[C@@H]([C@@H]2[C@H]1C(=O)N1C[C@@]2(C[C@H]1C(N)=O)Oc1cccnc1NC2=O)[C@H](F)C3. The predicted octanol–water partition coefficient (Wildman–Crippen LogP) is 1.47. The van der Waals surface area contributed by atoms with Crippen molar-refractivity contribution in [3.05, 3.63) is 18.3 Å². The maximum Gasteiger partial charge on any atom is 0.410 e. The van der Waals surface area contributed by atoms with E-state index in [2.05, 4.69) is 10.3 Å². The molecule has 5 aliphatic rings. The molecule has 6 rings (SSSR count). The molecular weight excluding hydrogens is 497 g/mol. The van der Waals surface area contributed by atoms with E-state index >= 15 is 0 Å². The second kappa shape index (κ2) is 8.28. The molecule has 1 spiro atoms. The maximum atomic E-state index is 14.9. The standard InChI is InChI=1S/C26H32FN5O6/c1-25(2,3)38-24(36)31-10-14-12-7-13(15(27)8-12)18(14)19(31)22(34)32-11-26(9-16(32)20(28)33)23(35)30-21-17(37-26)5-4-6-29-21/h4-6,12-16,18-19H,7-11H2,1-3H3,(H2,28,33)(H,29,30,35)/t12-,13+,14+,15+,16-,18-,19-,26+/m0/s1. The Morgan fingerprint density at radius 1 is 1.24 bits per heavy atom. The van der Waals surface area contributed by atoms with Crippen LogP contribution in [0.25, 0.3) is 0 Å². The second-order valence-electron chi connectivity index (χ2n) is 12.2. The molecule has 38 heavy (non-hydrogen) atoms. The Bertz CT molecular complexity index is 1220. The number of nitrogens with zero attached hydrogens (tertiary/aromatic N) is 3. The van der Waals surface area contributed by atoms with Crippen molar-refractivity contribution in [1.82, 2.24) is 14.8 Å². The topological polar surface area (TPSA) is 144 Å². The molecule has 1 aromatic rings. The zero-order valence-corrected chi connectivity index (χ0v) is 21.6. The molecule has 8 atom stereocenters.